The van der Waals surface area contributed by atoms with Crippen molar-refractivity contribution in [1.82, 2.24) is 23.9 Å². The Morgan fingerprint density at radius 3 is 2.46 bits per heavy atom. The van der Waals surface area contributed by atoms with E-state index in [9.17, 15) is 9.59 Å². The summed E-state index contributed by atoms with van der Waals surface area (Å²) in [5.41, 5.74) is 5.18. The second-order valence-corrected chi connectivity index (χ2v) is 9.01. The maximum Gasteiger partial charge on any atom is 0.328 e. The minimum absolute atomic E-state index is 0.0665. The smallest absolute Gasteiger partial charge is 0.328 e. The molecule has 0 bridgehead atoms. The number of piperazine rings is 1. The second-order valence-electron chi connectivity index (χ2n) is 9.01. The number of likely N-dealkylation sites (N-methyl/N-ethyl adjacent to an activating group) is 1. The van der Waals surface area contributed by atoms with Gasteiger partial charge in [0.25, 0.3) is 0 Å². The van der Waals surface area contributed by atoms with Gasteiger partial charge in [0.05, 0.1) is 35.9 Å². The Morgan fingerprint density at radius 1 is 1.03 bits per heavy atom. The van der Waals surface area contributed by atoms with E-state index in [0.29, 0.717) is 13.2 Å². The first kappa shape index (κ1) is 23.1. The predicted octanol–water partition coefficient (Wildman–Crippen LogP) is 2.98. The molecule has 2 aromatic heterocycles. The Hall–Kier alpha value is -3.69. The molecule has 0 aliphatic carbocycles. The van der Waals surface area contributed by atoms with Crippen LogP contribution in [0.25, 0.3) is 33.1 Å². The van der Waals surface area contributed by atoms with E-state index in [-0.39, 0.29) is 11.7 Å². The topological polar surface area (TPSA) is 84.6 Å². The highest BCUT2D eigenvalue weighted by molar-refractivity contribution is 6.04. The van der Waals surface area contributed by atoms with Crippen LogP contribution < -0.4 is 11.0 Å². The molecule has 5 rings (SSSR count). The number of ether oxygens (including phenoxy) is 1. The minimum atomic E-state index is -0.0859. The number of urea groups is 1. The highest BCUT2D eigenvalue weighted by atomic mass is 16.5. The lowest BCUT2D eigenvalue weighted by atomic mass is 10.0. The molecule has 1 N–H and O–H groups in total. The van der Waals surface area contributed by atoms with E-state index in [2.05, 4.69) is 28.3 Å². The molecule has 0 atom stereocenters. The van der Waals surface area contributed by atoms with E-state index < -0.39 is 0 Å². The lowest BCUT2D eigenvalue weighted by Gasteiger charge is -2.32. The quantitative estimate of drug-likeness (QED) is 0.481. The van der Waals surface area contributed by atoms with Crippen molar-refractivity contribution in [3.63, 3.8) is 0 Å². The fourth-order valence-electron chi connectivity index (χ4n) is 4.60. The summed E-state index contributed by atoms with van der Waals surface area (Å²) in [5.74, 6) is 0. The summed E-state index contributed by atoms with van der Waals surface area (Å²) in [4.78, 5) is 34.1. The van der Waals surface area contributed by atoms with Gasteiger partial charge in [0.15, 0.2) is 0 Å². The Morgan fingerprint density at radius 2 is 1.74 bits per heavy atom. The van der Waals surface area contributed by atoms with Crippen LogP contribution in [0.1, 0.15) is 0 Å². The number of methoxy groups -OCH3 is 1. The number of amides is 2. The van der Waals surface area contributed by atoms with Crippen LogP contribution in [0.15, 0.2) is 53.5 Å². The van der Waals surface area contributed by atoms with E-state index in [0.717, 1.165) is 64.9 Å². The Balaban J connectivity index is 1.44. The van der Waals surface area contributed by atoms with Gasteiger partial charge >= 0.3 is 11.7 Å². The van der Waals surface area contributed by atoms with Crippen molar-refractivity contribution in [1.29, 1.82) is 0 Å². The molecule has 182 valence electrons. The third kappa shape index (κ3) is 4.40. The van der Waals surface area contributed by atoms with E-state index in [1.54, 1.807) is 29.5 Å². The van der Waals surface area contributed by atoms with Crippen molar-refractivity contribution < 1.29 is 9.53 Å². The fourth-order valence-corrected chi connectivity index (χ4v) is 4.60. The molecular formula is C26H30N6O3. The van der Waals surface area contributed by atoms with E-state index in [1.165, 1.54) is 0 Å². The molecule has 2 amide bonds. The molecular weight excluding hydrogens is 444 g/mol. The molecule has 1 aliphatic heterocycles. The SMILES string of the molecule is COCCn1c(=O)n(C)c2cnc3ccc(-c4ccc(NC(=O)N5CCN(C)CC5)cc4)cc3c21. The zero-order valence-corrected chi connectivity index (χ0v) is 20.3. The number of anilines is 1. The van der Waals surface area contributed by atoms with Crippen LogP contribution in [0.2, 0.25) is 0 Å². The van der Waals surface area contributed by atoms with Gasteiger partial charge in [-0.25, -0.2) is 9.59 Å². The zero-order valence-electron chi connectivity index (χ0n) is 20.3. The van der Waals surface area contributed by atoms with Gasteiger partial charge < -0.3 is 19.9 Å². The number of imidazole rings is 1. The number of aryl methyl sites for hydroxylation is 1. The van der Waals surface area contributed by atoms with Gasteiger partial charge in [0.1, 0.15) is 0 Å². The molecule has 3 heterocycles. The van der Waals surface area contributed by atoms with Crippen molar-refractivity contribution in [2.75, 3.05) is 52.3 Å². The van der Waals surface area contributed by atoms with E-state index in [4.69, 9.17) is 4.74 Å². The maximum absolute atomic E-state index is 12.9. The maximum atomic E-state index is 12.9. The molecule has 2 aromatic carbocycles. The van der Waals surface area contributed by atoms with Gasteiger partial charge in [-0.15, -0.1) is 0 Å². The summed E-state index contributed by atoms with van der Waals surface area (Å²) >= 11 is 0. The number of nitrogens with one attached hydrogen (secondary N) is 1. The lowest BCUT2D eigenvalue weighted by molar-refractivity contribution is 0.164. The average molecular weight is 475 g/mol. The molecule has 9 nitrogen and oxygen atoms in total. The number of carbonyl (C=O) groups is 1. The lowest BCUT2D eigenvalue weighted by Crippen LogP contribution is -2.48. The first-order chi connectivity index (χ1) is 17.0. The highest BCUT2D eigenvalue weighted by Crippen LogP contribution is 2.29. The molecule has 35 heavy (non-hydrogen) atoms. The molecule has 0 radical (unpaired) electrons. The summed E-state index contributed by atoms with van der Waals surface area (Å²) < 4.78 is 8.61. The summed E-state index contributed by atoms with van der Waals surface area (Å²) in [7, 11) is 5.46. The van der Waals surface area contributed by atoms with Gasteiger partial charge in [-0.05, 0) is 42.4 Å². The van der Waals surface area contributed by atoms with Crippen molar-refractivity contribution in [2.45, 2.75) is 6.54 Å². The Labute approximate surface area is 203 Å². The summed E-state index contributed by atoms with van der Waals surface area (Å²) in [5, 5.41) is 3.92. The van der Waals surface area contributed by atoms with E-state index >= 15 is 0 Å². The standard InChI is InChI=1S/C26H30N6O3/c1-29-10-12-31(13-11-29)25(33)28-20-7-4-18(5-8-20)19-6-9-22-21(16-19)24-23(17-27-22)30(2)26(34)32(24)14-15-35-3/h4-9,16-17H,10-15H2,1-3H3,(H,28,33). The van der Waals surface area contributed by atoms with Gasteiger partial charge in [0.2, 0.25) is 0 Å². The fraction of sp³-hybridized carbons (Fsp3) is 0.346. The number of nitrogens with zero attached hydrogens (tertiary/aromatic N) is 5. The van der Waals surface area contributed by atoms with Crippen LogP contribution >= 0.6 is 0 Å². The number of aromatic nitrogens is 3. The van der Waals surface area contributed by atoms with Crippen LogP contribution in [0.3, 0.4) is 0 Å². The van der Waals surface area contributed by atoms with Crippen LogP contribution in [-0.2, 0) is 18.3 Å². The molecule has 1 saturated heterocycles. The van der Waals surface area contributed by atoms with Crippen LogP contribution in [0.4, 0.5) is 10.5 Å². The number of rotatable bonds is 5. The second kappa shape index (κ2) is 9.52. The third-order valence-corrected chi connectivity index (χ3v) is 6.75. The molecule has 1 fully saturated rings. The molecule has 1 aliphatic rings. The van der Waals surface area contributed by atoms with Gasteiger partial charge in [-0.3, -0.25) is 14.1 Å². The largest absolute Gasteiger partial charge is 0.383 e. The van der Waals surface area contributed by atoms with Crippen molar-refractivity contribution in [2.24, 2.45) is 7.05 Å². The summed E-state index contributed by atoms with van der Waals surface area (Å²) in [6.45, 7) is 4.15. The predicted molar refractivity (Wildman–Crippen MR) is 138 cm³/mol. The number of benzene rings is 2. The average Bonchev–Trinajstić information content (AvgIpc) is 3.13. The number of hydrogen-bond acceptors (Lipinski definition) is 5. The first-order valence-electron chi connectivity index (χ1n) is 11.8. The molecule has 0 saturated carbocycles. The third-order valence-electron chi connectivity index (χ3n) is 6.75. The zero-order chi connectivity index (χ0) is 24.5. The first-order valence-corrected chi connectivity index (χ1v) is 11.8. The van der Waals surface area contributed by atoms with Crippen LogP contribution in [0.5, 0.6) is 0 Å². The number of fused-ring (bicyclic) bond motifs is 3. The Bertz CT molecular complexity index is 1430. The van der Waals surface area contributed by atoms with E-state index in [1.807, 2.05) is 41.3 Å². The Kier molecular flexibility index (Phi) is 6.27. The van der Waals surface area contributed by atoms with Crippen molar-refractivity contribution in [3.05, 3.63) is 59.1 Å². The van der Waals surface area contributed by atoms with Crippen LogP contribution in [-0.4, -0.2) is 76.9 Å². The normalized spacial score (nSPS) is 14.7. The number of pyridine rings is 1. The van der Waals surface area contributed by atoms with Gasteiger partial charge in [0, 0.05) is 51.4 Å². The van der Waals surface area contributed by atoms with Crippen molar-refractivity contribution >= 4 is 33.7 Å². The number of carbonyl (C=O) groups excluding carboxylic acids is 1. The van der Waals surface area contributed by atoms with Gasteiger partial charge in [-0.2, -0.15) is 0 Å². The minimum Gasteiger partial charge on any atom is -0.383 e. The summed E-state index contributed by atoms with van der Waals surface area (Å²) in [6, 6.07) is 13.8. The van der Waals surface area contributed by atoms with Crippen LogP contribution in [0, 0.1) is 0 Å². The molecule has 4 aromatic rings. The number of hydrogen-bond donors (Lipinski definition) is 1. The monoisotopic (exact) mass is 474 g/mol. The molecule has 0 unspecified atom stereocenters. The van der Waals surface area contributed by atoms with Crippen molar-refractivity contribution in [3.8, 4) is 11.1 Å². The van der Waals surface area contributed by atoms with Gasteiger partial charge in [-0.1, -0.05) is 18.2 Å². The molecule has 0 spiro atoms. The highest BCUT2D eigenvalue weighted by Gasteiger charge is 2.19. The molecule has 9 heteroatoms. The summed E-state index contributed by atoms with van der Waals surface area (Å²) in [6.07, 6.45) is 1.75.